The maximum absolute atomic E-state index is 12.0. The van der Waals surface area contributed by atoms with Crippen LogP contribution in [-0.4, -0.2) is 39.9 Å². The smallest absolute Gasteiger partial charge is 0.311 e. The van der Waals surface area contributed by atoms with E-state index in [1.165, 1.54) is 16.8 Å². The summed E-state index contributed by atoms with van der Waals surface area (Å²) in [7, 11) is 0. The number of carbonyl (C=O) groups excluding carboxylic acids is 1. The minimum atomic E-state index is -0.514. The van der Waals surface area contributed by atoms with Gasteiger partial charge in [-0.1, -0.05) is 12.1 Å². The molecule has 1 amide bonds. The minimum absolute atomic E-state index is 0.0413. The average Bonchev–Trinajstić information content (AvgIpc) is 3.08. The SMILES string of the molecule is CC(C)OCCCNC(=O)c1ccn(COc2ccccc2[N+](=O)[O-])n1. The number of nitrogens with zero attached hydrogens (tertiary/aromatic N) is 3. The topological polar surface area (TPSA) is 109 Å². The fraction of sp³-hybridized carbons (Fsp3) is 0.412. The third-order valence-corrected chi connectivity index (χ3v) is 3.35. The lowest BCUT2D eigenvalue weighted by Gasteiger charge is -2.07. The molecule has 2 rings (SSSR count). The molecule has 0 aliphatic carbocycles. The third-order valence-electron chi connectivity index (χ3n) is 3.35. The van der Waals surface area contributed by atoms with E-state index in [1.807, 2.05) is 13.8 Å². The standard InChI is InChI=1S/C17H22N4O5/c1-13(2)25-11-5-9-18-17(22)14-8-10-20(19-14)12-26-16-7-4-3-6-15(16)21(23)24/h3-4,6-8,10,13H,5,9,11-12H2,1-2H3,(H,18,22). The van der Waals surface area contributed by atoms with Gasteiger partial charge in [0, 0.05) is 25.4 Å². The molecule has 1 aromatic carbocycles. The molecule has 140 valence electrons. The van der Waals surface area contributed by atoms with E-state index in [-0.39, 0.29) is 35.9 Å². The number of rotatable bonds is 10. The van der Waals surface area contributed by atoms with Gasteiger partial charge >= 0.3 is 5.69 Å². The number of benzene rings is 1. The van der Waals surface area contributed by atoms with E-state index in [9.17, 15) is 14.9 Å². The number of amides is 1. The number of ether oxygens (including phenoxy) is 2. The Morgan fingerprint density at radius 1 is 1.35 bits per heavy atom. The molecule has 0 bridgehead atoms. The molecule has 1 heterocycles. The Balaban J connectivity index is 1.82. The highest BCUT2D eigenvalue weighted by Gasteiger charge is 2.14. The van der Waals surface area contributed by atoms with E-state index in [1.54, 1.807) is 24.4 Å². The summed E-state index contributed by atoms with van der Waals surface area (Å²) in [4.78, 5) is 22.5. The predicted octanol–water partition coefficient (Wildman–Crippen LogP) is 2.37. The molecule has 26 heavy (non-hydrogen) atoms. The van der Waals surface area contributed by atoms with Crippen molar-refractivity contribution in [3.63, 3.8) is 0 Å². The van der Waals surface area contributed by atoms with Crippen LogP contribution < -0.4 is 10.1 Å². The zero-order valence-electron chi connectivity index (χ0n) is 14.8. The fourth-order valence-corrected chi connectivity index (χ4v) is 2.10. The number of hydrogen-bond donors (Lipinski definition) is 1. The molecule has 0 fully saturated rings. The lowest BCUT2D eigenvalue weighted by molar-refractivity contribution is -0.386. The summed E-state index contributed by atoms with van der Waals surface area (Å²) in [5.74, 6) is -0.150. The van der Waals surface area contributed by atoms with Gasteiger partial charge in [0.15, 0.2) is 12.5 Å². The van der Waals surface area contributed by atoms with Gasteiger partial charge < -0.3 is 14.8 Å². The van der Waals surface area contributed by atoms with Crippen molar-refractivity contribution < 1.29 is 19.2 Å². The molecule has 0 atom stereocenters. The maximum Gasteiger partial charge on any atom is 0.311 e. The van der Waals surface area contributed by atoms with Crippen LogP contribution in [0.3, 0.4) is 0 Å². The molecule has 0 radical (unpaired) electrons. The zero-order chi connectivity index (χ0) is 18.9. The molecule has 0 aliphatic rings. The molecule has 0 unspecified atom stereocenters. The molecule has 2 aromatic rings. The van der Waals surface area contributed by atoms with Crippen LogP contribution in [0.15, 0.2) is 36.5 Å². The molecular formula is C17H22N4O5. The van der Waals surface area contributed by atoms with Gasteiger partial charge in [0.05, 0.1) is 11.0 Å². The van der Waals surface area contributed by atoms with Gasteiger partial charge in [-0.2, -0.15) is 5.10 Å². The second-order valence-corrected chi connectivity index (χ2v) is 5.77. The van der Waals surface area contributed by atoms with Crippen molar-refractivity contribution in [3.8, 4) is 5.75 Å². The van der Waals surface area contributed by atoms with Crippen LogP contribution in [0.4, 0.5) is 5.69 Å². The van der Waals surface area contributed by atoms with E-state index in [0.717, 1.165) is 0 Å². The maximum atomic E-state index is 12.0. The van der Waals surface area contributed by atoms with E-state index < -0.39 is 4.92 Å². The number of para-hydroxylation sites is 2. The van der Waals surface area contributed by atoms with Gasteiger partial charge in [-0.05, 0) is 32.4 Å². The molecule has 1 N–H and O–H groups in total. The van der Waals surface area contributed by atoms with Gasteiger partial charge in [0.1, 0.15) is 5.69 Å². The van der Waals surface area contributed by atoms with Crippen LogP contribution in [0.1, 0.15) is 30.8 Å². The Kier molecular flexibility index (Phi) is 7.10. The summed E-state index contributed by atoms with van der Waals surface area (Å²) in [6.45, 7) is 4.94. The lowest BCUT2D eigenvalue weighted by Crippen LogP contribution is -2.26. The first kappa shape index (κ1) is 19.4. The third kappa shape index (κ3) is 5.85. The van der Waals surface area contributed by atoms with Crippen LogP contribution in [0.2, 0.25) is 0 Å². The number of carbonyl (C=O) groups is 1. The average molecular weight is 362 g/mol. The van der Waals surface area contributed by atoms with Crippen molar-refractivity contribution in [2.24, 2.45) is 0 Å². The first-order valence-electron chi connectivity index (χ1n) is 8.27. The predicted molar refractivity (Wildman–Crippen MR) is 94.0 cm³/mol. The molecule has 1 aromatic heterocycles. The van der Waals surface area contributed by atoms with Gasteiger partial charge in [-0.25, -0.2) is 4.68 Å². The first-order valence-corrected chi connectivity index (χ1v) is 8.27. The van der Waals surface area contributed by atoms with Crippen molar-refractivity contribution in [2.75, 3.05) is 13.2 Å². The van der Waals surface area contributed by atoms with Crippen LogP contribution in [0.5, 0.6) is 5.75 Å². The van der Waals surface area contributed by atoms with Crippen molar-refractivity contribution in [1.82, 2.24) is 15.1 Å². The van der Waals surface area contributed by atoms with Crippen molar-refractivity contribution in [3.05, 3.63) is 52.3 Å². The van der Waals surface area contributed by atoms with Crippen molar-refractivity contribution in [2.45, 2.75) is 33.1 Å². The van der Waals surface area contributed by atoms with E-state index >= 15 is 0 Å². The largest absolute Gasteiger partial charge is 0.464 e. The summed E-state index contributed by atoms with van der Waals surface area (Å²) in [6.07, 6.45) is 2.46. The lowest BCUT2D eigenvalue weighted by atomic mass is 10.3. The first-order chi connectivity index (χ1) is 12.5. The molecule has 9 heteroatoms. The summed E-state index contributed by atoms with van der Waals surface area (Å²) in [6, 6.07) is 7.64. The normalized spacial score (nSPS) is 10.7. The van der Waals surface area contributed by atoms with Crippen LogP contribution in [-0.2, 0) is 11.5 Å². The molecule has 9 nitrogen and oxygen atoms in total. The van der Waals surface area contributed by atoms with Gasteiger partial charge in [-0.3, -0.25) is 14.9 Å². The number of nitrogens with one attached hydrogen (secondary N) is 1. The van der Waals surface area contributed by atoms with Crippen molar-refractivity contribution in [1.29, 1.82) is 0 Å². The van der Waals surface area contributed by atoms with E-state index in [2.05, 4.69) is 10.4 Å². The molecule has 0 spiro atoms. The highest BCUT2D eigenvalue weighted by Crippen LogP contribution is 2.25. The Morgan fingerprint density at radius 3 is 2.85 bits per heavy atom. The summed E-state index contributed by atoms with van der Waals surface area (Å²) < 4.78 is 12.2. The molecular weight excluding hydrogens is 340 g/mol. The quantitative estimate of drug-likeness (QED) is 0.395. The Hall–Kier alpha value is -2.94. The number of aromatic nitrogens is 2. The van der Waals surface area contributed by atoms with E-state index in [0.29, 0.717) is 19.6 Å². The molecule has 0 aliphatic heterocycles. The summed E-state index contributed by atoms with van der Waals surface area (Å²) >= 11 is 0. The molecule has 0 saturated carbocycles. The highest BCUT2D eigenvalue weighted by molar-refractivity contribution is 5.92. The number of hydrogen-bond acceptors (Lipinski definition) is 6. The Morgan fingerprint density at radius 2 is 2.12 bits per heavy atom. The van der Waals surface area contributed by atoms with Crippen LogP contribution in [0.25, 0.3) is 0 Å². The summed E-state index contributed by atoms with van der Waals surface area (Å²) in [5.41, 5.74) is 0.127. The van der Waals surface area contributed by atoms with Crippen LogP contribution >= 0.6 is 0 Å². The Bertz CT molecular complexity index is 744. The second-order valence-electron chi connectivity index (χ2n) is 5.77. The van der Waals surface area contributed by atoms with Gasteiger partial charge in [0.2, 0.25) is 0 Å². The number of nitro benzene ring substituents is 1. The van der Waals surface area contributed by atoms with Gasteiger partial charge in [-0.15, -0.1) is 0 Å². The minimum Gasteiger partial charge on any atom is -0.464 e. The van der Waals surface area contributed by atoms with E-state index in [4.69, 9.17) is 9.47 Å². The molecule has 0 saturated heterocycles. The van der Waals surface area contributed by atoms with Gasteiger partial charge in [0.25, 0.3) is 5.91 Å². The van der Waals surface area contributed by atoms with Crippen LogP contribution in [0, 0.1) is 10.1 Å². The monoisotopic (exact) mass is 362 g/mol. The fourth-order valence-electron chi connectivity index (χ4n) is 2.10. The summed E-state index contributed by atoms with van der Waals surface area (Å²) in [5, 5.41) is 17.8. The Labute approximate surface area is 151 Å². The van der Waals surface area contributed by atoms with Crippen molar-refractivity contribution >= 4 is 11.6 Å². The zero-order valence-corrected chi connectivity index (χ0v) is 14.8. The number of nitro groups is 1. The highest BCUT2D eigenvalue weighted by atomic mass is 16.6. The second kappa shape index (κ2) is 9.52.